The van der Waals surface area contributed by atoms with Crippen LogP contribution in [-0.2, 0) is 0 Å². The van der Waals surface area contributed by atoms with Crippen molar-refractivity contribution in [2.24, 2.45) is 17.3 Å². The third-order valence-corrected chi connectivity index (χ3v) is 6.08. The maximum absolute atomic E-state index is 3.84. The smallest absolute Gasteiger partial charge is 0.00684 e. The van der Waals surface area contributed by atoms with Gasteiger partial charge in [-0.15, -0.1) is 0 Å². The van der Waals surface area contributed by atoms with Gasteiger partial charge in [0.2, 0.25) is 0 Å². The fourth-order valence-corrected chi connectivity index (χ4v) is 4.17. The van der Waals surface area contributed by atoms with Gasteiger partial charge in [-0.2, -0.15) is 0 Å². The number of hydrogen-bond acceptors (Lipinski definition) is 2. The highest BCUT2D eigenvalue weighted by Gasteiger charge is 2.37. The van der Waals surface area contributed by atoms with Crippen LogP contribution in [0.15, 0.2) is 0 Å². The normalized spacial score (nSPS) is 35.2. The van der Waals surface area contributed by atoms with Gasteiger partial charge in [-0.05, 0) is 62.8 Å². The molecular weight excluding hydrogens is 244 g/mol. The Morgan fingerprint density at radius 2 is 1.75 bits per heavy atom. The Balaban J connectivity index is 1.52. The molecule has 0 saturated heterocycles. The standard InChI is InChI=1S/C18H34N2/c1-15-8-10-18(11-9-15,13-19-17-6-7-17)14-20(2)12-16-4-3-5-16/h15-17,19H,3-14H2,1-2H3. The van der Waals surface area contributed by atoms with Crippen molar-refractivity contribution in [3.63, 3.8) is 0 Å². The van der Waals surface area contributed by atoms with Gasteiger partial charge in [0.05, 0.1) is 0 Å². The zero-order valence-corrected chi connectivity index (χ0v) is 13.7. The van der Waals surface area contributed by atoms with Crippen LogP contribution in [0, 0.1) is 17.3 Å². The molecule has 0 unspecified atom stereocenters. The van der Waals surface area contributed by atoms with Crippen LogP contribution >= 0.6 is 0 Å². The zero-order chi connectivity index (χ0) is 14.0. The van der Waals surface area contributed by atoms with Gasteiger partial charge in [0.1, 0.15) is 0 Å². The predicted octanol–water partition coefficient (Wildman–Crippen LogP) is 3.67. The Bertz CT molecular complexity index is 299. The lowest BCUT2D eigenvalue weighted by atomic mass is 9.70. The molecule has 0 aromatic heterocycles. The second-order valence-corrected chi connectivity index (χ2v) is 8.33. The van der Waals surface area contributed by atoms with E-state index in [-0.39, 0.29) is 0 Å². The maximum Gasteiger partial charge on any atom is 0.00684 e. The Hall–Kier alpha value is -0.0800. The molecule has 0 aliphatic heterocycles. The molecule has 20 heavy (non-hydrogen) atoms. The molecule has 2 heteroatoms. The van der Waals surface area contributed by atoms with Gasteiger partial charge in [-0.25, -0.2) is 0 Å². The zero-order valence-electron chi connectivity index (χ0n) is 13.7. The lowest BCUT2D eigenvalue weighted by Crippen LogP contribution is -2.47. The summed E-state index contributed by atoms with van der Waals surface area (Å²) < 4.78 is 0. The average molecular weight is 278 g/mol. The first-order chi connectivity index (χ1) is 9.65. The largest absolute Gasteiger partial charge is 0.313 e. The van der Waals surface area contributed by atoms with Gasteiger partial charge in [-0.1, -0.05) is 26.2 Å². The number of rotatable bonds is 7. The summed E-state index contributed by atoms with van der Waals surface area (Å²) in [5, 5.41) is 3.84. The van der Waals surface area contributed by atoms with Crippen molar-refractivity contribution in [1.29, 1.82) is 0 Å². The molecule has 0 spiro atoms. The van der Waals surface area contributed by atoms with Crippen molar-refractivity contribution in [2.45, 2.75) is 70.8 Å². The van der Waals surface area contributed by atoms with E-state index in [1.165, 1.54) is 77.4 Å². The summed E-state index contributed by atoms with van der Waals surface area (Å²) in [4.78, 5) is 2.66. The van der Waals surface area contributed by atoms with Gasteiger partial charge in [0.25, 0.3) is 0 Å². The summed E-state index contributed by atoms with van der Waals surface area (Å²) in [7, 11) is 2.37. The van der Waals surface area contributed by atoms with Gasteiger partial charge in [-0.3, -0.25) is 0 Å². The molecule has 0 radical (unpaired) electrons. The van der Waals surface area contributed by atoms with Crippen LogP contribution in [0.2, 0.25) is 0 Å². The van der Waals surface area contributed by atoms with Crippen LogP contribution in [0.4, 0.5) is 0 Å². The molecule has 2 nitrogen and oxygen atoms in total. The van der Waals surface area contributed by atoms with Gasteiger partial charge in [0, 0.05) is 25.7 Å². The van der Waals surface area contributed by atoms with E-state index in [9.17, 15) is 0 Å². The monoisotopic (exact) mass is 278 g/mol. The lowest BCUT2D eigenvalue weighted by molar-refractivity contribution is 0.0821. The molecule has 3 aliphatic carbocycles. The molecule has 0 bridgehead atoms. The molecule has 0 amide bonds. The van der Waals surface area contributed by atoms with Crippen LogP contribution in [0.5, 0.6) is 0 Å². The topological polar surface area (TPSA) is 15.3 Å². The molecule has 3 rings (SSSR count). The summed E-state index contributed by atoms with van der Waals surface area (Å²) in [6, 6.07) is 0.864. The molecule has 3 aliphatic rings. The molecule has 1 N–H and O–H groups in total. The lowest BCUT2D eigenvalue weighted by Gasteiger charge is -2.43. The number of nitrogens with zero attached hydrogens (tertiary/aromatic N) is 1. The van der Waals surface area contributed by atoms with Crippen molar-refractivity contribution >= 4 is 0 Å². The third-order valence-electron chi connectivity index (χ3n) is 6.08. The van der Waals surface area contributed by atoms with Gasteiger partial charge >= 0.3 is 0 Å². The highest BCUT2D eigenvalue weighted by Crippen LogP contribution is 2.40. The number of nitrogens with one attached hydrogen (secondary N) is 1. The summed E-state index contributed by atoms with van der Waals surface area (Å²) in [5.74, 6) is 1.97. The average Bonchev–Trinajstić information content (AvgIpc) is 3.19. The van der Waals surface area contributed by atoms with Crippen molar-refractivity contribution < 1.29 is 0 Å². The first-order valence-electron chi connectivity index (χ1n) is 9.07. The number of hydrogen-bond donors (Lipinski definition) is 1. The summed E-state index contributed by atoms with van der Waals surface area (Å²) in [6.45, 7) is 6.40. The van der Waals surface area contributed by atoms with E-state index in [0.29, 0.717) is 5.41 Å². The summed E-state index contributed by atoms with van der Waals surface area (Å²) in [6.07, 6.45) is 13.1. The van der Waals surface area contributed by atoms with Gasteiger partial charge < -0.3 is 10.2 Å². The van der Waals surface area contributed by atoms with E-state index in [1.807, 2.05) is 0 Å². The Kier molecular flexibility index (Phi) is 4.72. The SMILES string of the molecule is CC1CCC(CNC2CC2)(CN(C)CC2CCC2)CC1. The molecule has 0 aromatic rings. The molecule has 3 fully saturated rings. The second kappa shape index (κ2) is 6.36. The Morgan fingerprint density at radius 1 is 1.05 bits per heavy atom. The van der Waals surface area contributed by atoms with E-state index in [4.69, 9.17) is 0 Å². The van der Waals surface area contributed by atoms with E-state index in [1.54, 1.807) is 0 Å². The minimum absolute atomic E-state index is 0.577. The first-order valence-corrected chi connectivity index (χ1v) is 9.07. The van der Waals surface area contributed by atoms with E-state index in [2.05, 4.69) is 24.2 Å². The second-order valence-electron chi connectivity index (χ2n) is 8.33. The van der Waals surface area contributed by atoms with Crippen LogP contribution in [0.3, 0.4) is 0 Å². The Morgan fingerprint density at radius 3 is 2.30 bits per heavy atom. The van der Waals surface area contributed by atoms with Gasteiger partial charge in [0.15, 0.2) is 0 Å². The molecule has 116 valence electrons. The molecular formula is C18H34N2. The fraction of sp³-hybridized carbons (Fsp3) is 1.00. The highest BCUT2D eigenvalue weighted by atomic mass is 15.1. The summed E-state index contributed by atoms with van der Waals surface area (Å²) in [5.41, 5.74) is 0.577. The van der Waals surface area contributed by atoms with Crippen LogP contribution in [0.1, 0.15) is 64.7 Å². The quantitative estimate of drug-likeness (QED) is 0.764. The first kappa shape index (κ1) is 14.8. The maximum atomic E-state index is 3.84. The van der Waals surface area contributed by atoms with E-state index < -0.39 is 0 Å². The molecule has 3 saturated carbocycles. The minimum atomic E-state index is 0.577. The molecule has 0 aromatic carbocycles. The summed E-state index contributed by atoms with van der Waals surface area (Å²) >= 11 is 0. The van der Waals surface area contributed by atoms with Crippen LogP contribution in [0.25, 0.3) is 0 Å². The van der Waals surface area contributed by atoms with Crippen molar-refractivity contribution in [1.82, 2.24) is 10.2 Å². The van der Waals surface area contributed by atoms with Crippen molar-refractivity contribution in [3.8, 4) is 0 Å². The fourth-order valence-electron chi connectivity index (χ4n) is 4.17. The van der Waals surface area contributed by atoms with Crippen molar-refractivity contribution in [3.05, 3.63) is 0 Å². The van der Waals surface area contributed by atoms with Crippen LogP contribution in [-0.4, -0.2) is 37.6 Å². The molecule has 0 heterocycles. The third kappa shape index (κ3) is 3.98. The Labute approximate surface area is 125 Å². The minimum Gasteiger partial charge on any atom is -0.313 e. The van der Waals surface area contributed by atoms with E-state index in [0.717, 1.165) is 17.9 Å². The van der Waals surface area contributed by atoms with Crippen LogP contribution < -0.4 is 5.32 Å². The van der Waals surface area contributed by atoms with Crippen molar-refractivity contribution in [2.75, 3.05) is 26.7 Å². The molecule has 0 atom stereocenters. The highest BCUT2D eigenvalue weighted by molar-refractivity contribution is 4.92. The predicted molar refractivity (Wildman–Crippen MR) is 85.9 cm³/mol. The van der Waals surface area contributed by atoms with E-state index >= 15 is 0 Å².